The van der Waals surface area contributed by atoms with Crippen LogP contribution in [0.1, 0.15) is 33.7 Å². The van der Waals surface area contributed by atoms with Crippen molar-refractivity contribution in [1.29, 1.82) is 0 Å². The average molecular weight is 330 g/mol. The lowest BCUT2D eigenvalue weighted by Crippen LogP contribution is -2.28. The first-order chi connectivity index (χ1) is 11.2. The number of rotatable bonds is 3. The van der Waals surface area contributed by atoms with Gasteiger partial charge in [-0.1, -0.05) is 5.16 Å². The molecule has 0 N–H and O–H groups in total. The lowest BCUT2D eigenvalue weighted by atomic mass is 10.1. The zero-order valence-corrected chi connectivity index (χ0v) is 13.2. The Morgan fingerprint density at radius 1 is 1.43 bits per heavy atom. The van der Waals surface area contributed by atoms with E-state index >= 15 is 0 Å². The Labute approximate surface area is 135 Å². The summed E-state index contributed by atoms with van der Waals surface area (Å²) < 4.78 is 10.5. The van der Waals surface area contributed by atoms with Crippen molar-refractivity contribution in [3.05, 3.63) is 40.3 Å². The monoisotopic (exact) mass is 330 g/mol. The molecule has 4 rings (SSSR count). The van der Waals surface area contributed by atoms with Crippen molar-refractivity contribution in [2.45, 2.75) is 19.3 Å². The molecule has 1 saturated heterocycles. The molecule has 0 spiro atoms. The Morgan fingerprint density at radius 3 is 3.09 bits per heavy atom. The van der Waals surface area contributed by atoms with Crippen LogP contribution < -0.4 is 0 Å². The van der Waals surface area contributed by atoms with Crippen molar-refractivity contribution in [2.24, 2.45) is 0 Å². The molecule has 0 aliphatic carbocycles. The quantitative estimate of drug-likeness (QED) is 0.734. The zero-order valence-electron chi connectivity index (χ0n) is 12.4. The van der Waals surface area contributed by atoms with Gasteiger partial charge in [-0.05, 0) is 25.5 Å². The van der Waals surface area contributed by atoms with E-state index in [0.717, 1.165) is 11.4 Å². The molecule has 7 nitrogen and oxygen atoms in total. The second-order valence-corrected chi connectivity index (χ2v) is 6.49. The van der Waals surface area contributed by atoms with Gasteiger partial charge < -0.3 is 13.8 Å². The molecule has 8 heteroatoms. The van der Waals surface area contributed by atoms with E-state index in [1.165, 1.54) is 11.3 Å². The van der Waals surface area contributed by atoms with E-state index in [-0.39, 0.29) is 11.8 Å². The normalized spacial score (nSPS) is 17.8. The van der Waals surface area contributed by atoms with Gasteiger partial charge in [-0.15, -0.1) is 11.3 Å². The minimum atomic E-state index is -0.0356. The minimum Gasteiger partial charge on any atom is -0.459 e. The van der Waals surface area contributed by atoms with E-state index < -0.39 is 0 Å². The summed E-state index contributed by atoms with van der Waals surface area (Å²) in [6.07, 6.45) is 2.37. The number of carbonyl (C=O) groups is 1. The van der Waals surface area contributed by atoms with Crippen LogP contribution in [-0.2, 0) is 0 Å². The smallest absolute Gasteiger partial charge is 0.293 e. The van der Waals surface area contributed by atoms with Gasteiger partial charge in [0, 0.05) is 24.4 Å². The molecule has 1 atom stereocenters. The third-order valence-electron chi connectivity index (χ3n) is 3.85. The van der Waals surface area contributed by atoms with Gasteiger partial charge in [0.1, 0.15) is 5.69 Å². The molecule has 0 saturated carbocycles. The first-order valence-electron chi connectivity index (χ1n) is 7.29. The molecular weight excluding hydrogens is 316 g/mol. The number of hydrogen-bond donors (Lipinski definition) is 0. The predicted octanol–water partition coefficient (Wildman–Crippen LogP) is 2.72. The molecular formula is C15H14N4O3S. The van der Waals surface area contributed by atoms with E-state index in [4.69, 9.17) is 8.94 Å². The molecule has 1 unspecified atom stereocenters. The highest BCUT2D eigenvalue weighted by Crippen LogP contribution is 2.28. The number of furan rings is 1. The second-order valence-electron chi connectivity index (χ2n) is 5.42. The summed E-state index contributed by atoms with van der Waals surface area (Å²) in [5.41, 5.74) is 0.512. The Kier molecular flexibility index (Phi) is 3.45. The Hall–Kier alpha value is -2.48. The number of nitrogens with zero attached hydrogens (tertiary/aromatic N) is 4. The Bertz CT molecular complexity index is 824. The molecule has 4 heterocycles. The fourth-order valence-corrected chi connectivity index (χ4v) is 3.27. The van der Waals surface area contributed by atoms with Gasteiger partial charge in [0.2, 0.25) is 0 Å². The van der Waals surface area contributed by atoms with Crippen molar-refractivity contribution < 1.29 is 13.7 Å². The van der Waals surface area contributed by atoms with Gasteiger partial charge >= 0.3 is 0 Å². The molecule has 3 aromatic heterocycles. The molecule has 1 amide bonds. The third-order valence-corrected chi connectivity index (χ3v) is 4.63. The number of aryl methyl sites for hydroxylation is 1. The minimum absolute atomic E-state index is 0.0356. The Balaban J connectivity index is 1.47. The largest absolute Gasteiger partial charge is 0.459 e. The molecule has 3 aromatic rings. The summed E-state index contributed by atoms with van der Waals surface area (Å²) in [5.74, 6) is 1.57. The van der Waals surface area contributed by atoms with Crippen LogP contribution in [0.3, 0.4) is 0 Å². The lowest BCUT2D eigenvalue weighted by molar-refractivity contribution is 0.0785. The number of likely N-dealkylation sites (tertiary alicyclic amines) is 1. The van der Waals surface area contributed by atoms with Crippen LogP contribution in [0.4, 0.5) is 0 Å². The standard InChI is InChI=1S/C15H14N4O3S/c1-9-16-11(8-23-9)15(20)19-5-4-10(7-19)13-17-14(22-18-13)12-3-2-6-21-12/h2-3,6,8,10H,4-5,7H2,1H3. The highest BCUT2D eigenvalue weighted by molar-refractivity contribution is 7.09. The maximum absolute atomic E-state index is 12.4. The number of hydrogen-bond acceptors (Lipinski definition) is 7. The van der Waals surface area contributed by atoms with Crippen molar-refractivity contribution in [2.75, 3.05) is 13.1 Å². The van der Waals surface area contributed by atoms with Gasteiger partial charge in [0.25, 0.3) is 11.8 Å². The number of aromatic nitrogens is 3. The summed E-state index contributed by atoms with van der Waals surface area (Å²) in [5, 5.41) is 6.72. The van der Waals surface area contributed by atoms with E-state index in [9.17, 15) is 4.79 Å². The summed E-state index contributed by atoms with van der Waals surface area (Å²) in [6.45, 7) is 3.14. The maximum Gasteiger partial charge on any atom is 0.293 e. The van der Waals surface area contributed by atoms with Gasteiger partial charge in [-0.2, -0.15) is 4.98 Å². The van der Waals surface area contributed by atoms with Gasteiger partial charge in [-0.25, -0.2) is 4.98 Å². The number of amides is 1. The molecule has 1 aliphatic heterocycles. The fourth-order valence-electron chi connectivity index (χ4n) is 2.68. The summed E-state index contributed by atoms with van der Waals surface area (Å²) in [7, 11) is 0. The molecule has 1 fully saturated rings. The highest BCUT2D eigenvalue weighted by atomic mass is 32.1. The van der Waals surface area contributed by atoms with Crippen molar-refractivity contribution in [1.82, 2.24) is 20.0 Å². The van der Waals surface area contributed by atoms with Crippen LogP contribution in [0.25, 0.3) is 11.7 Å². The summed E-state index contributed by atoms with van der Waals surface area (Å²) in [6, 6.07) is 3.54. The first kappa shape index (κ1) is 14.1. The average Bonchev–Trinajstić information content (AvgIpc) is 3.30. The van der Waals surface area contributed by atoms with Gasteiger partial charge in [-0.3, -0.25) is 4.79 Å². The third kappa shape index (κ3) is 2.65. The molecule has 118 valence electrons. The maximum atomic E-state index is 12.4. The van der Waals surface area contributed by atoms with Gasteiger partial charge in [0.05, 0.1) is 11.3 Å². The van der Waals surface area contributed by atoms with Crippen molar-refractivity contribution in [3.63, 3.8) is 0 Å². The summed E-state index contributed by atoms with van der Waals surface area (Å²) in [4.78, 5) is 22.9. The van der Waals surface area contributed by atoms with Crippen molar-refractivity contribution in [3.8, 4) is 11.7 Å². The molecule has 1 aliphatic rings. The van der Waals surface area contributed by atoms with Crippen LogP contribution in [0.2, 0.25) is 0 Å². The van der Waals surface area contributed by atoms with Crippen LogP contribution in [0.15, 0.2) is 32.7 Å². The predicted molar refractivity (Wildman–Crippen MR) is 82.1 cm³/mol. The zero-order chi connectivity index (χ0) is 15.8. The second kappa shape index (κ2) is 5.62. The summed E-state index contributed by atoms with van der Waals surface area (Å²) >= 11 is 1.48. The van der Waals surface area contributed by atoms with Crippen LogP contribution in [0.5, 0.6) is 0 Å². The van der Waals surface area contributed by atoms with Crippen LogP contribution in [0, 0.1) is 6.92 Å². The van der Waals surface area contributed by atoms with E-state index in [2.05, 4.69) is 15.1 Å². The van der Waals surface area contributed by atoms with E-state index in [0.29, 0.717) is 36.3 Å². The fraction of sp³-hybridized carbons (Fsp3) is 0.333. The van der Waals surface area contributed by atoms with Crippen molar-refractivity contribution >= 4 is 17.2 Å². The molecule has 0 aromatic carbocycles. The van der Waals surface area contributed by atoms with E-state index in [1.54, 1.807) is 28.7 Å². The van der Waals surface area contributed by atoms with Gasteiger partial charge in [0.15, 0.2) is 11.6 Å². The lowest BCUT2D eigenvalue weighted by Gasteiger charge is -2.13. The molecule has 23 heavy (non-hydrogen) atoms. The number of carbonyl (C=O) groups excluding carboxylic acids is 1. The highest BCUT2D eigenvalue weighted by Gasteiger charge is 2.32. The van der Waals surface area contributed by atoms with E-state index in [1.807, 2.05) is 6.92 Å². The SMILES string of the molecule is Cc1nc(C(=O)N2CCC(c3noc(-c4ccco4)n3)C2)cs1. The topological polar surface area (TPSA) is 85.3 Å². The molecule has 0 bridgehead atoms. The molecule has 0 radical (unpaired) electrons. The first-order valence-corrected chi connectivity index (χ1v) is 8.17. The van der Waals surface area contributed by atoms with Crippen LogP contribution in [-0.4, -0.2) is 39.0 Å². The Morgan fingerprint density at radius 2 is 2.35 bits per heavy atom. The van der Waals surface area contributed by atoms with Crippen LogP contribution >= 0.6 is 11.3 Å². The number of thiazole rings is 1.